The maximum atomic E-state index is 4.49. The number of nitrogens with zero attached hydrogens (tertiary/aromatic N) is 1. The van der Waals surface area contributed by atoms with Crippen LogP contribution >= 0.6 is 0 Å². The minimum atomic E-state index is 0.830. The van der Waals surface area contributed by atoms with Crippen LogP contribution < -0.4 is 0 Å². The number of rotatable bonds is 0. The Morgan fingerprint density at radius 1 is 1.44 bits per heavy atom. The van der Waals surface area contributed by atoms with Crippen molar-refractivity contribution in [2.75, 3.05) is 6.54 Å². The molecule has 0 saturated heterocycles. The monoisotopic (exact) mass is 121 g/mol. The van der Waals surface area contributed by atoms with Crippen LogP contribution in [0.3, 0.4) is 0 Å². The summed E-state index contributed by atoms with van der Waals surface area (Å²) in [4.78, 5) is 4.49. The topological polar surface area (TPSA) is 12.4 Å². The lowest BCUT2D eigenvalue weighted by Crippen LogP contribution is -2.58. The summed E-state index contributed by atoms with van der Waals surface area (Å²) in [7, 11) is 0. The Balaban J connectivity index is 2.07. The Hall–Kier alpha value is -0.330. The van der Waals surface area contributed by atoms with Crippen LogP contribution in [0.5, 0.6) is 0 Å². The first-order chi connectivity index (χ1) is 4.41. The molecule has 2 heterocycles. The largest absolute Gasteiger partial charge is 0.294 e. The van der Waals surface area contributed by atoms with Gasteiger partial charge in [-0.05, 0) is 31.1 Å². The van der Waals surface area contributed by atoms with Crippen molar-refractivity contribution in [2.45, 2.75) is 25.7 Å². The van der Waals surface area contributed by atoms with E-state index in [1.54, 1.807) is 5.71 Å². The van der Waals surface area contributed by atoms with Gasteiger partial charge in [0.05, 0.1) is 0 Å². The van der Waals surface area contributed by atoms with Gasteiger partial charge in [0, 0.05) is 18.2 Å². The van der Waals surface area contributed by atoms with Gasteiger partial charge < -0.3 is 0 Å². The molecular formula is C8H11N. The van der Waals surface area contributed by atoms with Crippen molar-refractivity contribution in [3.8, 4) is 0 Å². The Bertz CT molecular complexity index is 195. The maximum Gasteiger partial charge on any atom is 0.0394 e. The predicted octanol–water partition coefficient (Wildman–Crippen LogP) is 1.63. The third kappa shape index (κ3) is 0.322. The fourth-order valence-corrected chi connectivity index (χ4v) is 2.76. The van der Waals surface area contributed by atoms with E-state index < -0.39 is 0 Å². The van der Waals surface area contributed by atoms with Gasteiger partial charge in [0.15, 0.2) is 0 Å². The summed E-state index contributed by atoms with van der Waals surface area (Å²) in [6.45, 7) is 1.14. The van der Waals surface area contributed by atoms with Gasteiger partial charge in [0.25, 0.3) is 0 Å². The first-order valence-electron chi connectivity index (χ1n) is 3.94. The summed E-state index contributed by atoms with van der Waals surface area (Å²) in [6, 6.07) is 0. The van der Waals surface area contributed by atoms with E-state index in [0.717, 1.165) is 17.9 Å². The number of aliphatic imine (C=N–C) groups is 1. The van der Waals surface area contributed by atoms with Crippen molar-refractivity contribution in [3.05, 3.63) is 0 Å². The van der Waals surface area contributed by atoms with E-state index in [2.05, 4.69) is 4.99 Å². The molecule has 4 rings (SSSR count). The van der Waals surface area contributed by atoms with Crippen molar-refractivity contribution in [1.82, 2.24) is 0 Å². The summed E-state index contributed by atoms with van der Waals surface area (Å²) >= 11 is 0. The molecule has 1 spiro atoms. The highest BCUT2D eigenvalue weighted by atomic mass is 14.9. The Morgan fingerprint density at radius 3 is 2.78 bits per heavy atom. The standard InChI is InChI=1S/C8H11N/c1-2-8-3-4-9-7(5-8)6(1)8/h6H,1-5H2. The van der Waals surface area contributed by atoms with Crippen LogP contribution in [0.1, 0.15) is 25.7 Å². The van der Waals surface area contributed by atoms with Gasteiger partial charge in [0.2, 0.25) is 0 Å². The van der Waals surface area contributed by atoms with Crippen LogP contribution in [-0.4, -0.2) is 12.3 Å². The molecule has 2 atom stereocenters. The molecule has 2 unspecified atom stereocenters. The first kappa shape index (κ1) is 4.48. The minimum Gasteiger partial charge on any atom is -0.294 e. The molecule has 0 radical (unpaired) electrons. The number of hydrogen-bond donors (Lipinski definition) is 0. The van der Waals surface area contributed by atoms with Gasteiger partial charge >= 0.3 is 0 Å². The summed E-state index contributed by atoms with van der Waals surface area (Å²) in [5, 5.41) is 0. The third-order valence-corrected chi connectivity index (χ3v) is 3.53. The van der Waals surface area contributed by atoms with Crippen molar-refractivity contribution >= 4 is 5.71 Å². The molecule has 1 nitrogen and oxygen atoms in total. The normalized spacial score (nSPS) is 52.4. The summed E-state index contributed by atoms with van der Waals surface area (Å²) in [5.41, 5.74) is 2.39. The molecule has 4 aliphatic rings. The van der Waals surface area contributed by atoms with Crippen LogP contribution in [0.15, 0.2) is 4.99 Å². The average molecular weight is 121 g/mol. The molecule has 48 valence electrons. The molecule has 0 N–H and O–H groups in total. The Morgan fingerprint density at radius 2 is 2.44 bits per heavy atom. The molecule has 2 fully saturated rings. The second kappa shape index (κ2) is 1.09. The lowest BCUT2D eigenvalue weighted by molar-refractivity contribution is 0.0209. The van der Waals surface area contributed by atoms with Crippen LogP contribution in [0, 0.1) is 11.3 Å². The van der Waals surface area contributed by atoms with Crippen LogP contribution in [-0.2, 0) is 0 Å². The van der Waals surface area contributed by atoms with Crippen LogP contribution in [0.4, 0.5) is 0 Å². The molecule has 2 aliphatic heterocycles. The molecule has 9 heavy (non-hydrogen) atoms. The zero-order valence-electron chi connectivity index (χ0n) is 5.56. The number of fused-ring (bicyclic) bond motifs is 2. The van der Waals surface area contributed by atoms with Gasteiger partial charge in [-0.1, -0.05) is 0 Å². The maximum absolute atomic E-state index is 4.49. The molecule has 0 aromatic carbocycles. The highest BCUT2D eigenvalue weighted by molar-refractivity contribution is 5.96. The second-order valence-electron chi connectivity index (χ2n) is 3.75. The molecule has 1 heteroatoms. The number of hydrogen-bond acceptors (Lipinski definition) is 1. The van der Waals surface area contributed by atoms with Gasteiger partial charge in [-0.25, -0.2) is 0 Å². The minimum absolute atomic E-state index is 0.830. The van der Waals surface area contributed by atoms with Crippen molar-refractivity contribution in [2.24, 2.45) is 16.3 Å². The molecule has 2 bridgehead atoms. The quantitative estimate of drug-likeness (QED) is 0.462. The predicted molar refractivity (Wildman–Crippen MR) is 36.7 cm³/mol. The van der Waals surface area contributed by atoms with Crippen LogP contribution in [0.25, 0.3) is 0 Å². The van der Waals surface area contributed by atoms with E-state index in [9.17, 15) is 0 Å². The van der Waals surface area contributed by atoms with E-state index in [4.69, 9.17) is 0 Å². The smallest absolute Gasteiger partial charge is 0.0394 e. The van der Waals surface area contributed by atoms with E-state index in [-0.39, 0.29) is 0 Å². The first-order valence-corrected chi connectivity index (χ1v) is 3.94. The Labute approximate surface area is 55.2 Å². The molecule has 2 aliphatic carbocycles. The molecule has 2 saturated carbocycles. The van der Waals surface area contributed by atoms with Gasteiger partial charge in [-0.2, -0.15) is 0 Å². The van der Waals surface area contributed by atoms with E-state index >= 15 is 0 Å². The van der Waals surface area contributed by atoms with Gasteiger partial charge in [-0.15, -0.1) is 0 Å². The summed E-state index contributed by atoms with van der Waals surface area (Å²) in [6.07, 6.45) is 5.74. The van der Waals surface area contributed by atoms with E-state index in [0.29, 0.717) is 0 Å². The summed E-state index contributed by atoms with van der Waals surface area (Å²) < 4.78 is 0. The van der Waals surface area contributed by atoms with Gasteiger partial charge in [-0.3, -0.25) is 4.99 Å². The lowest BCUT2D eigenvalue weighted by Gasteiger charge is -2.61. The highest BCUT2D eigenvalue weighted by Crippen LogP contribution is 2.63. The lowest BCUT2D eigenvalue weighted by atomic mass is 9.44. The zero-order valence-corrected chi connectivity index (χ0v) is 5.56. The third-order valence-electron chi connectivity index (χ3n) is 3.53. The Kier molecular flexibility index (Phi) is 0.544. The molecule has 0 aromatic rings. The van der Waals surface area contributed by atoms with Crippen molar-refractivity contribution < 1.29 is 0 Å². The van der Waals surface area contributed by atoms with Crippen LogP contribution in [0.2, 0.25) is 0 Å². The van der Waals surface area contributed by atoms with E-state index in [1.165, 1.54) is 25.7 Å². The highest BCUT2D eigenvalue weighted by Gasteiger charge is 2.58. The average Bonchev–Trinajstić information content (AvgIpc) is 1.87. The van der Waals surface area contributed by atoms with Gasteiger partial charge in [0.1, 0.15) is 0 Å². The van der Waals surface area contributed by atoms with E-state index in [1.807, 2.05) is 0 Å². The fourth-order valence-electron chi connectivity index (χ4n) is 2.76. The van der Waals surface area contributed by atoms with Crippen molar-refractivity contribution in [1.29, 1.82) is 0 Å². The summed E-state index contributed by atoms with van der Waals surface area (Å²) in [5.74, 6) is 0.978. The zero-order chi connectivity index (χ0) is 5.90. The second-order valence-corrected chi connectivity index (χ2v) is 3.75. The molecule has 0 amide bonds. The molecule has 0 aromatic heterocycles. The fraction of sp³-hybridized carbons (Fsp3) is 0.875. The van der Waals surface area contributed by atoms with Crippen molar-refractivity contribution in [3.63, 3.8) is 0 Å². The SMILES string of the molecule is C1CC23CCC2C(=N1)C3. The molecular weight excluding hydrogens is 110 g/mol.